The zero-order chi connectivity index (χ0) is 13.6. The van der Waals surface area contributed by atoms with Gasteiger partial charge in [0.25, 0.3) is 5.91 Å². The summed E-state index contributed by atoms with van der Waals surface area (Å²) in [7, 11) is 0. The second-order valence-corrected chi connectivity index (χ2v) is 3.87. The summed E-state index contributed by atoms with van der Waals surface area (Å²) in [6.45, 7) is -1.52. The number of amides is 1. The summed E-state index contributed by atoms with van der Waals surface area (Å²) >= 11 is 5.69. The van der Waals surface area contributed by atoms with Crippen LogP contribution in [0.3, 0.4) is 0 Å². The summed E-state index contributed by atoms with van der Waals surface area (Å²) in [4.78, 5) is 11.5. The third-order valence-electron chi connectivity index (χ3n) is 1.88. The quantitative estimate of drug-likeness (QED) is 0.843. The van der Waals surface area contributed by atoms with Crippen molar-refractivity contribution >= 4 is 17.5 Å². The topological polar surface area (TPSA) is 38.3 Å². The third kappa shape index (κ3) is 5.88. The molecule has 0 aliphatic rings. The van der Waals surface area contributed by atoms with Gasteiger partial charge in [-0.15, -0.1) is 0 Å². The van der Waals surface area contributed by atoms with Gasteiger partial charge in [-0.25, -0.2) is 0 Å². The second-order valence-electron chi connectivity index (χ2n) is 3.43. The van der Waals surface area contributed by atoms with E-state index in [1.807, 2.05) is 0 Å². The monoisotopic (exact) mass is 281 g/mol. The predicted octanol–water partition coefficient (Wildman–Crippen LogP) is 2.65. The van der Waals surface area contributed by atoms with Crippen molar-refractivity contribution in [2.75, 3.05) is 19.8 Å². The molecular formula is C11H11ClF3NO2. The number of alkyl halides is 3. The summed E-state index contributed by atoms with van der Waals surface area (Å²) in [5.41, 5.74) is 0.346. The van der Waals surface area contributed by atoms with E-state index in [1.165, 1.54) is 6.07 Å². The van der Waals surface area contributed by atoms with Crippen molar-refractivity contribution in [3.8, 4) is 0 Å². The lowest BCUT2D eigenvalue weighted by Crippen LogP contribution is -2.28. The van der Waals surface area contributed by atoms with Crippen LogP contribution in [0, 0.1) is 0 Å². The van der Waals surface area contributed by atoms with Gasteiger partial charge in [-0.3, -0.25) is 4.79 Å². The molecule has 1 rings (SSSR count). The fraction of sp³-hybridized carbons (Fsp3) is 0.364. The van der Waals surface area contributed by atoms with Crippen molar-refractivity contribution < 1.29 is 22.7 Å². The molecule has 0 heterocycles. The minimum atomic E-state index is -4.35. The lowest BCUT2D eigenvalue weighted by atomic mass is 10.2. The molecule has 100 valence electrons. The van der Waals surface area contributed by atoms with E-state index in [9.17, 15) is 18.0 Å². The lowest BCUT2D eigenvalue weighted by Gasteiger charge is -2.08. The molecule has 0 atom stereocenters. The van der Waals surface area contributed by atoms with E-state index in [-0.39, 0.29) is 13.2 Å². The largest absolute Gasteiger partial charge is 0.411 e. The highest BCUT2D eigenvalue weighted by Crippen LogP contribution is 2.14. The molecule has 0 saturated heterocycles. The minimum Gasteiger partial charge on any atom is -0.370 e. The molecule has 7 heteroatoms. The first-order valence-corrected chi connectivity index (χ1v) is 5.44. The lowest BCUT2D eigenvalue weighted by molar-refractivity contribution is -0.173. The number of hydrogen-bond acceptors (Lipinski definition) is 2. The molecule has 0 saturated carbocycles. The van der Waals surface area contributed by atoms with Crippen molar-refractivity contribution in [2.24, 2.45) is 0 Å². The van der Waals surface area contributed by atoms with Crippen LogP contribution in [0.15, 0.2) is 24.3 Å². The van der Waals surface area contributed by atoms with Gasteiger partial charge in [0.1, 0.15) is 6.61 Å². The maximum Gasteiger partial charge on any atom is 0.411 e. The maximum absolute atomic E-state index is 11.7. The average molecular weight is 282 g/mol. The molecule has 1 aromatic rings. The first-order valence-electron chi connectivity index (χ1n) is 5.07. The second kappa shape index (κ2) is 6.61. The highest BCUT2D eigenvalue weighted by molar-refractivity contribution is 6.30. The standard InChI is InChI=1S/C11H11ClF3NO2/c12-9-3-1-2-8(6-9)10(17)16-4-5-18-7-11(13,14)15/h1-3,6H,4-5,7H2,(H,16,17). The molecule has 0 unspecified atom stereocenters. The summed E-state index contributed by atoms with van der Waals surface area (Å²) in [6, 6.07) is 6.24. The van der Waals surface area contributed by atoms with E-state index < -0.39 is 18.7 Å². The number of ether oxygens (including phenoxy) is 1. The van der Waals surface area contributed by atoms with Crippen LogP contribution in [0.25, 0.3) is 0 Å². The van der Waals surface area contributed by atoms with Gasteiger partial charge in [0.15, 0.2) is 0 Å². The van der Waals surface area contributed by atoms with Gasteiger partial charge in [0.2, 0.25) is 0 Å². The molecule has 0 bridgehead atoms. The molecular weight excluding hydrogens is 271 g/mol. The van der Waals surface area contributed by atoms with Crippen molar-refractivity contribution in [1.82, 2.24) is 5.32 Å². The zero-order valence-electron chi connectivity index (χ0n) is 9.26. The van der Waals surface area contributed by atoms with Gasteiger partial charge in [-0.2, -0.15) is 13.2 Å². The van der Waals surface area contributed by atoms with Gasteiger partial charge >= 0.3 is 6.18 Å². The normalized spacial score (nSPS) is 11.3. The number of benzene rings is 1. The summed E-state index contributed by atoms with van der Waals surface area (Å²) < 4.78 is 39.5. The Kier molecular flexibility index (Phi) is 5.43. The molecule has 1 amide bonds. The van der Waals surface area contributed by atoms with E-state index in [0.29, 0.717) is 10.6 Å². The van der Waals surface area contributed by atoms with E-state index in [2.05, 4.69) is 10.1 Å². The van der Waals surface area contributed by atoms with Crippen molar-refractivity contribution in [2.45, 2.75) is 6.18 Å². The molecule has 0 fully saturated rings. The van der Waals surface area contributed by atoms with Crippen LogP contribution in [-0.2, 0) is 4.74 Å². The Hall–Kier alpha value is -1.27. The number of hydrogen-bond donors (Lipinski definition) is 1. The molecule has 18 heavy (non-hydrogen) atoms. The Labute approximate surface area is 107 Å². The Morgan fingerprint density at radius 3 is 2.72 bits per heavy atom. The van der Waals surface area contributed by atoms with Crippen molar-refractivity contribution in [3.05, 3.63) is 34.9 Å². The van der Waals surface area contributed by atoms with Crippen molar-refractivity contribution in [3.63, 3.8) is 0 Å². The molecule has 3 nitrogen and oxygen atoms in total. The van der Waals surface area contributed by atoms with Crippen LogP contribution >= 0.6 is 11.6 Å². The Balaban J connectivity index is 2.26. The molecule has 0 radical (unpaired) electrons. The van der Waals surface area contributed by atoms with Crippen LogP contribution in [0.5, 0.6) is 0 Å². The Morgan fingerprint density at radius 2 is 2.11 bits per heavy atom. The number of halogens is 4. The van der Waals surface area contributed by atoms with Crippen LogP contribution in [0.2, 0.25) is 5.02 Å². The first kappa shape index (κ1) is 14.8. The van der Waals surface area contributed by atoms with Crippen LogP contribution < -0.4 is 5.32 Å². The molecule has 1 aromatic carbocycles. The van der Waals surface area contributed by atoms with Crippen LogP contribution in [0.4, 0.5) is 13.2 Å². The van der Waals surface area contributed by atoms with Gasteiger partial charge < -0.3 is 10.1 Å². The number of rotatable bonds is 5. The molecule has 0 aliphatic heterocycles. The van der Waals surface area contributed by atoms with Gasteiger partial charge in [-0.1, -0.05) is 17.7 Å². The van der Waals surface area contributed by atoms with E-state index in [0.717, 1.165) is 0 Å². The fourth-order valence-corrected chi connectivity index (χ4v) is 1.35. The summed E-state index contributed by atoms with van der Waals surface area (Å²) in [6.07, 6.45) is -4.35. The Morgan fingerprint density at radius 1 is 1.39 bits per heavy atom. The van der Waals surface area contributed by atoms with Gasteiger partial charge in [0.05, 0.1) is 6.61 Å². The van der Waals surface area contributed by atoms with Crippen LogP contribution in [0.1, 0.15) is 10.4 Å². The average Bonchev–Trinajstić information content (AvgIpc) is 2.26. The van der Waals surface area contributed by atoms with E-state index in [4.69, 9.17) is 11.6 Å². The molecule has 0 spiro atoms. The van der Waals surface area contributed by atoms with Crippen LogP contribution in [-0.4, -0.2) is 31.8 Å². The van der Waals surface area contributed by atoms with E-state index in [1.54, 1.807) is 18.2 Å². The SMILES string of the molecule is O=C(NCCOCC(F)(F)F)c1cccc(Cl)c1. The maximum atomic E-state index is 11.7. The molecule has 1 N–H and O–H groups in total. The smallest absolute Gasteiger partial charge is 0.370 e. The summed E-state index contributed by atoms with van der Waals surface area (Å²) in [5, 5.41) is 2.84. The number of carbonyl (C=O) groups is 1. The molecule has 0 aliphatic carbocycles. The van der Waals surface area contributed by atoms with E-state index >= 15 is 0 Å². The van der Waals surface area contributed by atoms with Crippen molar-refractivity contribution in [1.29, 1.82) is 0 Å². The van der Waals surface area contributed by atoms with Gasteiger partial charge in [0, 0.05) is 17.1 Å². The number of carbonyl (C=O) groups excluding carboxylic acids is 1. The molecule has 0 aromatic heterocycles. The predicted molar refractivity (Wildman–Crippen MR) is 60.7 cm³/mol. The zero-order valence-corrected chi connectivity index (χ0v) is 10.0. The minimum absolute atomic E-state index is 0.00142. The first-order chi connectivity index (χ1) is 8.38. The Bertz CT molecular complexity index is 410. The summed E-state index contributed by atoms with van der Waals surface area (Å²) in [5.74, 6) is -0.409. The number of nitrogens with one attached hydrogen (secondary N) is 1. The third-order valence-corrected chi connectivity index (χ3v) is 2.12. The highest BCUT2D eigenvalue weighted by Gasteiger charge is 2.27. The van der Waals surface area contributed by atoms with Gasteiger partial charge in [-0.05, 0) is 18.2 Å². The highest BCUT2D eigenvalue weighted by atomic mass is 35.5. The fourth-order valence-electron chi connectivity index (χ4n) is 1.16.